The van der Waals surface area contributed by atoms with E-state index in [9.17, 15) is 0 Å². The van der Waals surface area contributed by atoms with Crippen LogP contribution in [0.2, 0.25) is 0 Å². The van der Waals surface area contributed by atoms with Crippen molar-refractivity contribution in [3.63, 3.8) is 0 Å². The number of nitrogens with zero attached hydrogens (tertiary/aromatic N) is 1. The molecule has 1 heterocycles. The predicted molar refractivity (Wildman–Crippen MR) is 62.3 cm³/mol. The van der Waals surface area contributed by atoms with Crippen LogP contribution in [0.3, 0.4) is 0 Å². The molecule has 0 aromatic carbocycles. The molecule has 2 aliphatic carbocycles. The molecule has 80 valence electrons. The maximum Gasteiger partial charge on any atom is 0.0469 e. The highest BCUT2D eigenvalue weighted by Crippen LogP contribution is 2.39. The maximum absolute atomic E-state index is 4.94. The first kappa shape index (κ1) is 9.38. The van der Waals surface area contributed by atoms with Gasteiger partial charge in [0.25, 0.3) is 0 Å². The van der Waals surface area contributed by atoms with Gasteiger partial charge in [0.2, 0.25) is 0 Å². The minimum absolute atomic E-state index is 0.787. The first-order valence-electron chi connectivity index (χ1n) is 6.26. The highest BCUT2D eigenvalue weighted by Gasteiger charge is 2.26. The molecule has 0 spiro atoms. The van der Waals surface area contributed by atoms with Crippen LogP contribution in [0, 0.1) is 13.8 Å². The zero-order chi connectivity index (χ0) is 10.4. The monoisotopic (exact) mass is 201 g/mol. The minimum Gasteiger partial charge on any atom is -0.257 e. The van der Waals surface area contributed by atoms with Crippen LogP contribution in [-0.4, -0.2) is 4.98 Å². The lowest BCUT2D eigenvalue weighted by atomic mass is 9.80. The van der Waals surface area contributed by atoms with Crippen molar-refractivity contribution in [2.75, 3.05) is 0 Å². The Morgan fingerprint density at radius 1 is 1.00 bits per heavy atom. The third-order valence-electron chi connectivity index (χ3n) is 4.34. The van der Waals surface area contributed by atoms with Crippen molar-refractivity contribution in [3.05, 3.63) is 28.1 Å². The first-order chi connectivity index (χ1) is 7.27. The van der Waals surface area contributed by atoms with Crippen LogP contribution in [0.4, 0.5) is 0 Å². The number of aryl methyl sites for hydroxylation is 1. The molecule has 15 heavy (non-hydrogen) atoms. The second-order valence-electron chi connectivity index (χ2n) is 5.15. The van der Waals surface area contributed by atoms with E-state index in [0.717, 1.165) is 5.92 Å². The lowest BCUT2D eigenvalue weighted by molar-refractivity contribution is 0.408. The van der Waals surface area contributed by atoms with Crippen LogP contribution in [-0.2, 0) is 12.8 Å². The molecule has 1 aromatic rings. The molecule has 1 nitrogen and oxygen atoms in total. The van der Waals surface area contributed by atoms with Crippen molar-refractivity contribution >= 4 is 0 Å². The fourth-order valence-corrected chi connectivity index (χ4v) is 2.98. The van der Waals surface area contributed by atoms with Gasteiger partial charge in [-0.2, -0.15) is 0 Å². The third-order valence-corrected chi connectivity index (χ3v) is 4.34. The highest BCUT2D eigenvalue weighted by atomic mass is 14.7. The highest BCUT2D eigenvalue weighted by molar-refractivity contribution is 5.42. The van der Waals surface area contributed by atoms with Crippen LogP contribution in [0.1, 0.15) is 59.7 Å². The Bertz CT molecular complexity index is 402. The Morgan fingerprint density at radius 3 is 2.47 bits per heavy atom. The van der Waals surface area contributed by atoms with Gasteiger partial charge in [0, 0.05) is 17.3 Å². The van der Waals surface area contributed by atoms with Crippen molar-refractivity contribution in [1.82, 2.24) is 4.98 Å². The number of aromatic nitrogens is 1. The van der Waals surface area contributed by atoms with Gasteiger partial charge in [-0.3, -0.25) is 4.98 Å². The van der Waals surface area contributed by atoms with E-state index in [1.165, 1.54) is 55.5 Å². The average molecular weight is 201 g/mol. The lowest BCUT2D eigenvalue weighted by Crippen LogP contribution is -2.14. The summed E-state index contributed by atoms with van der Waals surface area (Å²) in [6, 6.07) is 0. The standard InChI is InChI=1S/C14H19N/c1-9-10(2)14(11-5-3-6-11)15-13-8-4-7-12(9)13/h11H,3-8H2,1-2H3. The summed E-state index contributed by atoms with van der Waals surface area (Å²) >= 11 is 0. The molecule has 0 N–H and O–H groups in total. The third kappa shape index (κ3) is 1.32. The molecule has 0 bridgehead atoms. The van der Waals surface area contributed by atoms with Crippen molar-refractivity contribution in [3.8, 4) is 0 Å². The van der Waals surface area contributed by atoms with Crippen LogP contribution < -0.4 is 0 Å². The molecule has 0 atom stereocenters. The minimum atomic E-state index is 0.787. The molecule has 0 radical (unpaired) electrons. The SMILES string of the molecule is Cc1c(C2CCC2)nc2c(c1C)CCC2. The molecule has 0 unspecified atom stereocenters. The summed E-state index contributed by atoms with van der Waals surface area (Å²) in [5.74, 6) is 0.787. The Labute approximate surface area is 91.9 Å². The van der Waals surface area contributed by atoms with Gasteiger partial charge in [-0.1, -0.05) is 6.42 Å². The van der Waals surface area contributed by atoms with Gasteiger partial charge in [-0.25, -0.2) is 0 Å². The molecular formula is C14H19N. The van der Waals surface area contributed by atoms with E-state index in [1.807, 2.05) is 0 Å². The van der Waals surface area contributed by atoms with E-state index in [1.54, 1.807) is 11.1 Å². The van der Waals surface area contributed by atoms with Crippen LogP contribution >= 0.6 is 0 Å². The maximum atomic E-state index is 4.94. The molecule has 2 aliphatic rings. The number of hydrogen-bond donors (Lipinski definition) is 0. The van der Waals surface area contributed by atoms with E-state index in [2.05, 4.69) is 13.8 Å². The predicted octanol–water partition coefficient (Wildman–Crippen LogP) is 3.45. The molecule has 0 saturated heterocycles. The largest absolute Gasteiger partial charge is 0.257 e. The summed E-state index contributed by atoms with van der Waals surface area (Å²) in [5, 5.41) is 0. The fourth-order valence-electron chi connectivity index (χ4n) is 2.98. The van der Waals surface area contributed by atoms with Crippen molar-refractivity contribution in [2.45, 2.75) is 58.3 Å². The van der Waals surface area contributed by atoms with Gasteiger partial charge in [0.15, 0.2) is 0 Å². The van der Waals surface area contributed by atoms with Gasteiger partial charge < -0.3 is 0 Å². The van der Waals surface area contributed by atoms with Crippen LogP contribution in [0.15, 0.2) is 0 Å². The Balaban J connectivity index is 2.11. The lowest BCUT2D eigenvalue weighted by Gasteiger charge is -2.27. The van der Waals surface area contributed by atoms with Gasteiger partial charge in [-0.05, 0) is 62.6 Å². The number of rotatable bonds is 1. The molecule has 1 fully saturated rings. The van der Waals surface area contributed by atoms with Crippen molar-refractivity contribution in [1.29, 1.82) is 0 Å². The molecule has 3 rings (SSSR count). The molecule has 0 amide bonds. The van der Waals surface area contributed by atoms with E-state index in [0.29, 0.717) is 0 Å². The number of pyridine rings is 1. The van der Waals surface area contributed by atoms with E-state index in [4.69, 9.17) is 4.98 Å². The van der Waals surface area contributed by atoms with Gasteiger partial charge in [0.05, 0.1) is 0 Å². The summed E-state index contributed by atoms with van der Waals surface area (Å²) in [6.45, 7) is 4.57. The van der Waals surface area contributed by atoms with E-state index >= 15 is 0 Å². The second kappa shape index (κ2) is 3.33. The normalized spacial score (nSPS) is 20.1. The average Bonchev–Trinajstić information content (AvgIpc) is 2.58. The smallest absolute Gasteiger partial charge is 0.0469 e. The van der Waals surface area contributed by atoms with Crippen LogP contribution in [0.25, 0.3) is 0 Å². The topological polar surface area (TPSA) is 12.9 Å². The van der Waals surface area contributed by atoms with Crippen LogP contribution in [0.5, 0.6) is 0 Å². The molecule has 1 aromatic heterocycles. The summed E-state index contributed by atoms with van der Waals surface area (Å²) in [6.07, 6.45) is 7.94. The Hall–Kier alpha value is -0.850. The molecule has 0 aliphatic heterocycles. The van der Waals surface area contributed by atoms with E-state index < -0.39 is 0 Å². The molecular weight excluding hydrogens is 182 g/mol. The summed E-state index contributed by atoms with van der Waals surface area (Å²) < 4.78 is 0. The van der Waals surface area contributed by atoms with E-state index in [-0.39, 0.29) is 0 Å². The summed E-state index contributed by atoms with van der Waals surface area (Å²) in [5.41, 5.74) is 7.44. The zero-order valence-electron chi connectivity index (χ0n) is 9.77. The Morgan fingerprint density at radius 2 is 1.80 bits per heavy atom. The summed E-state index contributed by atoms with van der Waals surface area (Å²) in [7, 11) is 0. The first-order valence-corrected chi connectivity index (χ1v) is 6.26. The van der Waals surface area contributed by atoms with Gasteiger partial charge in [0.1, 0.15) is 0 Å². The van der Waals surface area contributed by atoms with Gasteiger partial charge in [-0.15, -0.1) is 0 Å². The zero-order valence-corrected chi connectivity index (χ0v) is 9.77. The molecule has 1 heteroatoms. The molecule has 1 saturated carbocycles. The quantitative estimate of drug-likeness (QED) is 0.678. The van der Waals surface area contributed by atoms with Crippen molar-refractivity contribution < 1.29 is 0 Å². The number of fused-ring (bicyclic) bond motifs is 1. The van der Waals surface area contributed by atoms with Gasteiger partial charge >= 0.3 is 0 Å². The fraction of sp³-hybridized carbons (Fsp3) is 0.643. The van der Waals surface area contributed by atoms with Crippen molar-refractivity contribution in [2.24, 2.45) is 0 Å². The second-order valence-corrected chi connectivity index (χ2v) is 5.15. The summed E-state index contributed by atoms with van der Waals surface area (Å²) in [4.78, 5) is 4.94. The number of hydrogen-bond acceptors (Lipinski definition) is 1. The Kier molecular flexibility index (Phi) is 2.08.